The maximum absolute atomic E-state index is 4.44. The highest BCUT2D eigenvalue weighted by atomic mass is 79.9. The van der Waals surface area contributed by atoms with Crippen LogP contribution in [-0.2, 0) is 17.6 Å². The molecule has 0 radical (unpaired) electrons. The molecule has 0 bridgehead atoms. The molecule has 2 aromatic rings. The van der Waals surface area contributed by atoms with E-state index in [1.807, 2.05) is 10.9 Å². The van der Waals surface area contributed by atoms with Crippen LogP contribution in [0.1, 0.15) is 45.7 Å². The Labute approximate surface area is 135 Å². The molecule has 0 saturated heterocycles. The third-order valence-corrected chi connectivity index (χ3v) is 4.15. The molecule has 0 amide bonds. The van der Waals surface area contributed by atoms with Crippen molar-refractivity contribution in [2.45, 2.75) is 52.2 Å². The van der Waals surface area contributed by atoms with E-state index in [-0.39, 0.29) is 11.1 Å². The Bertz CT molecular complexity index is 591. The Hall–Kier alpha value is -1.13. The predicted octanol–water partition coefficient (Wildman–Crippen LogP) is 4.43. The standard InChI is InChI=1S/C17H24BrN3/c1-16(2,3)21-12-13(11-20-21)10-19-17(4,5)14-6-8-15(18)9-7-14/h6-9,11-12,19H,10H2,1-5H3. The lowest BCUT2D eigenvalue weighted by Gasteiger charge is -2.27. The summed E-state index contributed by atoms with van der Waals surface area (Å²) in [5, 5.41) is 8.05. The summed E-state index contributed by atoms with van der Waals surface area (Å²) in [5.74, 6) is 0. The maximum Gasteiger partial charge on any atom is 0.0543 e. The van der Waals surface area contributed by atoms with Gasteiger partial charge in [0.2, 0.25) is 0 Å². The van der Waals surface area contributed by atoms with Gasteiger partial charge < -0.3 is 5.32 Å². The van der Waals surface area contributed by atoms with E-state index in [0.29, 0.717) is 0 Å². The minimum absolute atomic E-state index is 0.0273. The minimum atomic E-state index is -0.0788. The van der Waals surface area contributed by atoms with Crippen LogP contribution >= 0.6 is 15.9 Å². The molecular weight excluding hydrogens is 326 g/mol. The number of rotatable bonds is 4. The van der Waals surface area contributed by atoms with Gasteiger partial charge in [0.1, 0.15) is 0 Å². The van der Waals surface area contributed by atoms with Crippen LogP contribution in [-0.4, -0.2) is 9.78 Å². The van der Waals surface area contributed by atoms with Gasteiger partial charge in [-0.3, -0.25) is 4.68 Å². The van der Waals surface area contributed by atoms with Crippen LogP contribution in [0.2, 0.25) is 0 Å². The molecule has 0 unspecified atom stereocenters. The Morgan fingerprint density at radius 3 is 2.24 bits per heavy atom. The fraction of sp³-hybridized carbons (Fsp3) is 0.471. The lowest BCUT2D eigenvalue weighted by atomic mass is 9.94. The first-order valence-corrected chi connectivity index (χ1v) is 8.03. The largest absolute Gasteiger partial charge is 0.304 e. The van der Waals surface area contributed by atoms with Gasteiger partial charge in [-0.05, 0) is 52.3 Å². The van der Waals surface area contributed by atoms with Crippen molar-refractivity contribution in [2.75, 3.05) is 0 Å². The first-order valence-electron chi connectivity index (χ1n) is 7.23. The molecule has 0 atom stereocenters. The summed E-state index contributed by atoms with van der Waals surface area (Å²) in [5.41, 5.74) is 2.42. The van der Waals surface area contributed by atoms with Crippen molar-refractivity contribution in [2.24, 2.45) is 0 Å². The van der Waals surface area contributed by atoms with Crippen LogP contribution in [0.3, 0.4) is 0 Å². The highest BCUT2D eigenvalue weighted by Crippen LogP contribution is 2.23. The quantitative estimate of drug-likeness (QED) is 0.884. The first-order chi connectivity index (χ1) is 9.68. The summed E-state index contributed by atoms with van der Waals surface area (Å²) in [4.78, 5) is 0. The average Bonchev–Trinajstić information content (AvgIpc) is 2.86. The second-order valence-corrected chi connectivity index (χ2v) is 7.87. The summed E-state index contributed by atoms with van der Waals surface area (Å²) >= 11 is 3.48. The van der Waals surface area contributed by atoms with E-state index in [4.69, 9.17) is 0 Å². The van der Waals surface area contributed by atoms with E-state index in [1.165, 1.54) is 11.1 Å². The van der Waals surface area contributed by atoms with Gasteiger partial charge in [-0.15, -0.1) is 0 Å². The van der Waals surface area contributed by atoms with Crippen molar-refractivity contribution in [3.05, 3.63) is 52.3 Å². The molecule has 0 aliphatic rings. The van der Waals surface area contributed by atoms with E-state index in [9.17, 15) is 0 Å². The third kappa shape index (κ3) is 4.17. The molecule has 0 aliphatic carbocycles. The monoisotopic (exact) mass is 349 g/mol. The molecule has 1 aromatic heterocycles. The second kappa shape index (κ2) is 5.93. The topological polar surface area (TPSA) is 29.9 Å². The number of benzene rings is 1. The van der Waals surface area contributed by atoms with Crippen LogP contribution in [0.5, 0.6) is 0 Å². The Balaban J connectivity index is 2.04. The molecule has 1 aromatic carbocycles. The summed E-state index contributed by atoms with van der Waals surface area (Å²) in [6.45, 7) is 11.7. The number of halogens is 1. The molecule has 4 heteroatoms. The van der Waals surface area contributed by atoms with E-state index >= 15 is 0 Å². The van der Waals surface area contributed by atoms with Crippen molar-refractivity contribution in [3.63, 3.8) is 0 Å². The molecule has 114 valence electrons. The van der Waals surface area contributed by atoms with E-state index < -0.39 is 0 Å². The zero-order valence-electron chi connectivity index (χ0n) is 13.4. The second-order valence-electron chi connectivity index (χ2n) is 6.95. The number of hydrogen-bond acceptors (Lipinski definition) is 2. The van der Waals surface area contributed by atoms with Crippen LogP contribution in [0.25, 0.3) is 0 Å². The summed E-state index contributed by atoms with van der Waals surface area (Å²) in [7, 11) is 0. The molecule has 2 rings (SSSR count). The molecule has 0 fully saturated rings. The number of nitrogens with zero attached hydrogens (tertiary/aromatic N) is 2. The number of hydrogen-bond donors (Lipinski definition) is 1. The van der Waals surface area contributed by atoms with Gasteiger partial charge in [0.05, 0.1) is 11.7 Å². The van der Waals surface area contributed by atoms with Crippen LogP contribution in [0.4, 0.5) is 0 Å². The first kappa shape index (κ1) is 16.2. The zero-order chi connectivity index (χ0) is 15.7. The Morgan fingerprint density at radius 2 is 1.71 bits per heavy atom. The predicted molar refractivity (Wildman–Crippen MR) is 91.2 cm³/mol. The number of aromatic nitrogens is 2. The molecule has 1 heterocycles. The molecule has 0 saturated carbocycles. The van der Waals surface area contributed by atoms with Crippen molar-refractivity contribution < 1.29 is 0 Å². The SMILES string of the molecule is CC(C)(NCc1cnn(C(C)(C)C)c1)c1ccc(Br)cc1. The zero-order valence-corrected chi connectivity index (χ0v) is 15.0. The smallest absolute Gasteiger partial charge is 0.0543 e. The summed E-state index contributed by atoms with van der Waals surface area (Å²) in [6, 6.07) is 8.46. The third-order valence-electron chi connectivity index (χ3n) is 3.62. The van der Waals surface area contributed by atoms with Crippen molar-refractivity contribution in [3.8, 4) is 0 Å². The van der Waals surface area contributed by atoms with Gasteiger partial charge in [-0.2, -0.15) is 5.10 Å². The normalized spacial score (nSPS) is 12.7. The van der Waals surface area contributed by atoms with Crippen LogP contribution in [0, 0.1) is 0 Å². The average molecular weight is 350 g/mol. The van der Waals surface area contributed by atoms with Crippen molar-refractivity contribution in [1.29, 1.82) is 0 Å². The maximum atomic E-state index is 4.44. The highest BCUT2D eigenvalue weighted by molar-refractivity contribution is 9.10. The lowest BCUT2D eigenvalue weighted by Crippen LogP contribution is -2.35. The Morgan fingerprint density at radius 1 is 1.10 bits per heavy atom. The van der Waals surface area contributed by atoms with E-state index in [2.05, 4.69) is 91.4 Å². The van der Waals surface area contributed by atoms with Gasteiger partial charge in [0.15, 0.2) is 0 Å². The Kier molecular flexibility index (Phi) is 4.59. The fourth-order valence-electron chi connectivity index (χ4n) is 2.11. The lowest BCUT2D eigenvalue weighted by molar-refractivity contribution is 0.354. The summed E-state index contributed by atoms with van der Waals surface area (Å²) < 4.78 is 3.12. The van der Waals surface area contributed by atoms with E-state index in [0.717, 1.165) is 11.0 Å². The fourth-order valence-corrected chi connectivity index (χ4v) is 2.37. The highest BCUT2D eigenvalue weighted by Gasteiger charge is 2.20. The van der Waals surface area contributed by atoms with Gasteiger partial charge in [0.25, 0.3) is 0 Å². The molecule has 0 spiro atoms. The van der Waals surface area contributed by atoms with Gasteiger partial charge in [0, 0.05) is 28.3 Å². The molecule has 1 N–H and O–H groups in total. The number of nitrogens with one attached hydrogen (secondary N) is 1. The van der Waals surface area contributed by atoms with Gasteiger partial charge in [-0.1, -0.05) is 28.1 Å². The van der Waals surface area contributed by atoms with Crippen molar-refractivity contribution in [1.82, 2.24) is 15.1 Å². The molecule has 3 nitrogen and oxygen atoms in total. The van der Waals surface area contributed by atoms with Gasteiger partial charge in [-0.25, -0.2) is 0 Å². The minimum Gasteiger partial charge on any atom is -0.304 e. The van der Waals surface area contributed by atoms with Crippen LogP contribution < -0.4 is 5.32 Å². The summed E-state index contributed by atoms with van der Waals surface area (Å²) in [6.07, 6.45) is 4.06. The molecule has 0 aliphatic heterocycles. The van der Waals surface area contributed by atoms with Crippen LogP contribution in [0.15, 0.2) is 41.1 Å². The molecular formula is C17H24BrN3. The van der Waals surface area contributed by atoms with Gasteiger partial charge >= 0.3 is 0 Å². The van der Waals surface area contributed by atoms with Crippen molar-refractivity contribution >= 4 is 15.9 Å². The van der Waals surface area contributed by atoms with E-state index in [1.54, 1.807) is 0 Å². The molecule has 21 heavy (non-hydrogen) atoms.